The van der Waals surface area contributed by atoms with Crippen LogP contribution in [0.5, 0.6) is 0 Å². The van der Waals surface area contributed by atoms with Crippen molar-refractivity contribution < 1.29 is 0 Å². The minimum atomic E-state index is 0.619. The summed E-state index contributed by atoms with van der Waals surface area (Å²) in [6, 6.07) is 9.02. The van der Waals surface area contributed by atoms with E-state index in [1.165, 1.54) is 17.5 Å². The van der Waals surface area contributed by atoms with E-state index in [1.807, 2.05) is 0 Å². The molecule has 1 rings (SSSR count). The Morgan fingerprint density at radius 3 is 2.00 bits per heavy atom. The maximum atomic E-state index is 5.62. The summed E-state index contributed by atoms with van der Waals surface area (Å²) in [4.78, 5) is 0. The van der Waals surface area contributed by atoms with Gasteiger partial charge in [-0.05, 0) is 42.3 Å². The topological polar surface area (TPSA) is 26.0 Å². The zero-order chi connectivity index (χ0) is 11.3. The molecule has 0 saturated heterocycles. The average molecular weight is 205 g/mol. The summed E-state index contributed by atoms with van der Waals surface area (Å²) in [5.74, 6) is 1.25. The zero-order valence-electron chi connectivity index (χ0n) is 10.2. The Morgan fingerprint density at radius 2 is 1.60 bits per heavy atom. The first kappa shape index (κ1) is 12.3. The van der Waals surface area contributed by atoms with Crippen molar-refractivity contribution >= 4 is 0 Å². The van der Waals surface area contributed by atoms with E-state index in [2.05, 4.69) is 45.0 Å². The standard InChI is InChI=1S/C14H23N/c1-4-12(9-10-15)14-7-5-13(6-8-14)11(2)3/h5-8,11-12H,4,9-10,15H2,1-3H3. The van der Waals surface area contributed by atoms with Gasteiger partial charge in [-0.1, -0.05) is 45.0 Å². The molecule has 0 amide bonds. The van der Waals surface area contributed by atoms with Crippen LogP contribution in [0.25, 0.3) is 0 Å². The molecule has 0 saturated carbocycles. The maximum Gasteiger partial charge on any atom is -0.00714 e. The second-order valence-electron chi connectivity index (χ2n) is 4.50. The molecular weight excluding hydrogens is 182 g/mol. The van der Waals surface area contributed by atoms with Crippen LogP contribution in [-0.4, -0.2) is 6.54 Å². The molecule has 0 bridgehead atoms. The average Bonchev–Trinajstić information content (AvgIpc) is 2.26. The predicted octanol–water partition coefficient (Wildman–Crippen LogP) is 3.65. The van der Waals surface area contributed by atoms with Crippen molar-refractivity contribution in [3.63, 3.8) is 0 Å². The molecule has 1 atom stereocenters. The van der Waals surface area contributed by atoms with Gasteiger partial charge in [0.05, 0.1) is 0 Å². The number of rotatable bonds is 5. The van der Waals surface area contributed by atoms with Crippen LogP contribution in [0.15, 0.2) is 24.3 Å². The lowest BCUT2D eigenvalue weighted by Gasteiger charge is -2.15. The molecule has 0 heterocycles. The Morgan fingerprint density at radius 1 is 1.07 bits per heavy atom. The fraction of sp³-hybridized carbons (Fsp3) is 0.571. The van der Waals surface area contributed by atoms with Gasteiger partial charge in [0, 0.05) is 0 Å². The van der Waals surface area contributed by atoms with E-state index in [0.717, 1.165) is 13.0 Å². The van der Waals surface area contributed by atoms with Crippen molar-refractivity contribution in [2.75, 3.05) is 6.54 Å². The van der Waals surface area contributed by atoms with Gasteiger partial charge in [-0.3, -0.25) is 0 Å². The maximum absolute atomic E-state index is 5.62. The molecule has 0 spiro atoms. The van der Waals surface area contributed by atoms with Gasteiger partial charge in [0.25, 0.3) is 0 Å². The second-order valence-corrected chi connectivity index (χ2v) is 4.50. The molecule has 2 N–H and O–H groups in total. The summed E-state index contributed by atoms with van der Waals surface area (Å²) in [5.41, 5.74) is 8.48. The van der Waals surface area contributed by atoms with E-state index in [1.54, 1.807) is 0 Å². The van der Waals surface area contributed by atoms with Crippen molar-refractivity contribution in [3.05, 3.63) is 35.4 Å². The van der Waals surface area contributed by atoms with Gasteiger partial charge in [0.15, 0.2) is 0 Å². The molecule has 84 valence electrons. The SMILES string of the molecule is CCC(CCN)c1ccc(C(C)C)cc1. The van der Waals surface area contributed by atoms with Gasteiger partial charge < -0.3 is 5.73 Å². The lowest BCUT2D eigenvalue weighted by atomic mass is 9.91. The van der Waals surface area contributed by atoms with E-state index in [4.69, 9.17) is 5.73 Å². The lowest BCUT2D eigenvalue weighted by molar-refractivity contribution is 0.614. The lowest BCUT2D eigenvalue weighted by Crippen LogP contribution is -2.06. The molecule has 0 aromatic heterocycles. The zero-order valence-corrected chi connectivity index (χ0v) is 10.2. The minimum Gasteiger partial charge on any atom is -0.330 e. The van der Waals surface area contributed by atoms with E-state index >= 15 is 0 Å². The summed E-state index contributed by atoms with van der Waals surface area (Å²) in [5, 5.41) is 0. The third-order valence-electron chi connectivity index (χ3n) is 3.08. The molecule has 0 aliphatic rings. The van der Waals surface area contributed by atoms with Crippen LogP contribution in [0.2, 0.25) is 0 Å². The Bertz CT molecular complexity index is 274. The molecular formula is C14H23N. The third-order valence-corrected chi connectivity index (χ3v) is 3.08. The first-order chi connectivity index (χ1) is 7.19. The van der Waals surface area contributed by atoms with Gasteiger partial charge in [0.2, 0.25) is 0 Å². The van der Waals surface area contributed by atoms with Crippen molar-refractivity contribution in [1.29, 1.82) is 0 Å². The van der Waals surface area contributed by atoms with Crippen LogP contribution < -0.4 is 5.73 Å². The van der Waals surface area contributed by atoms with Crippen LogP contribution >= 0.6 is 0 Å². The highest BCUT2D eigenvalue weighted by Crippen LogP contribution is 2.24. The quantitative estimate of drug-likeness (QED) is 0.780. The fourth-order valence-electron chi connectivity index (χ4n) is 1.96. The molecule has 1 aromatic carbocycles. The monoisotopic (exact) mass is 205 g/mol. The van der Waals surface area contributed by atoms with Crippen LogP contribution in [0.4, 0.5) is 0 Å². The van der Waals surface area contributed by atoms with Gasteiger partial charge in [-0.15, -0.1) is 0 Å². The number of hydrogen-bond acceptors (Lipinski definition) is 1. The Hall–Kier alpha value is -0.820. The molecule has 0 fully saturated rings. The highest BCUT2D eigenvalue weighted by atomic mass is 14.5. The van der Waals surface area contributed by atoms with E-state index in [-0.39, 0.29) is 0 Å². The largest absolute Gasteiger partial charge is 0.330 e. The van der Waals surface area contributed by atoms with Crippen LogP contribution in [0.3, 0.4) is 0 Å². The molecule has 1 unspecified atom stereocenters. The highest BCUT2D eigenvalue weighted by Gasteiger charge is 2.08. The van der Waals surface area contributed by atoms with E-state index < -0.39 is 0 Å². The Labute approximate surface area is 93.7 Å². The van der Waals surface area contributed by atoms with Crippen molar-refractivity contribution in [3.8, 4) is 0 Å². The van der Waals surface area contributed by atoms with Crippen LogP contribution in [-0.2, 0) is 0 Å². The minimum absolute atomic E-state index is 0.619. The van der Waals surface area contributed by atoms with Crippen molar-refractivity contribution in [2.24, 2.45) is 5.73 Å². The van der Waals surface area contributed by atoms with Crippen LogP contribution in [0.1, 0.15) is 56.6 Å². The first-order valence-electron chi connectivity index (χ1n) is 5.99. The summed E-state index contributed by atoms with van der Waals surface area (Å²) in [6.07, 6.45) is 2.27. The third kappa shape index (κ3) is 3.35. The number of benzene rings is 1. The molecule has 1 heteroatoms. The van der Waals surface area contributed by atoms with Gasteiger partial charge in [0.1, 0.15) is 0 Å². The Balaban J connectivity index is 2.77. The summed E-state index contributed by atoms with van der Waals surface area (Å²) in [7, 11) is 0. The molecule has 1 aromatic rings. The van der Waals surface area contributed by atoms with Gasteiger partial charge >= 0.3 is 0 Å². The van der Waals surface area contributed by atoms with E-state index in [0.29, 0.717) is 11.8 Å². The predicted molar refractivity (Wildman–Crippen MR) is 67.2 cm³/mol. The number of nitrogens with two attached hydrogens (primary N) is 1. The van der Waals surface area contributed by atoms with Crippen molar-refractivity contribution in [2.45, 2.75) is 45.4 Å². The molecule has 0 aliphatic carbocycles. The molecule has 0 radical (unpaired) electrons. The van der Waals surface area contributed by atoms with E-state index in [9.17, 15) is 0 Å². The second kappa shape index (κ2) is 5.92. The number of hydrogen-bond donors (Lipinski definition) is 1. The summed E-state index contributed by atoms with van der Waals surface area (Å²) in [6.45, 7) is 7.47. The first-order valence-corrected chi connectivity index (χ1v) is 5.99. The van der Waals surface area contributed by atoms with Crippen LogP contribution in [0, 0.1) is 0 Å². The normalized spacial score (nSPS) is 13.1. The summed E-state index contributed by atoms with van der Waals surface area (Å²) >= 11 is 0. The fourth-order valence-corrected chi connectivity index (χ4v) is 1.96. The smallest absolute Gasteiger partial charge is 0.00714 e. The highest BCUT2D eigenvalue weighted by molar-refractivity contribution is 5.27. The van der Waals surface area contributed by atoms with Gasteiger partial charge in [-0.2, -0.15) is 0 Å². The van der Waals surface area contributed by atoms with Gasteiger partial charge in [-0.25, -0.2) is 0 Å². The molecule has 0 aliphatic heterocycles. The molecule has 1 nitrogen and oxygen atoms in total. The molecule has 15 heavy (non-hydrogen) atoms. The van der Waals surface area contributed by atoms with Crippen molar-refractivity contribution in [1.82, 2.24) is 0 Å². The summed E-state index contributed by atoms with van der Waals surface area (Å²) < 4.78 is 0. The Kier molecular flexibility index (Phi) is 4.83.